The third-order valence-corrected chi connectivity index (χ3v) is 6.17. The zero-order valence-corrected chi connectivity index (χ0v) is 16.1. The lowest BCUT2D eigenvalue weighted by Crippen LogP contribution is -2.45. The fraction of sp³-hybridized carbons (Fsp3) is 0.588. The first-order valence-electron chi connectivity index (χ1n) is 8.52. The molecular formula is C17H25F3N2O3Si. The van der Waals surface area contributed by atoms with E-state index in [1.54, 1.807) is 6.07 Å². The van der Waals surface area contributed by atoms with Crippen molar-refractivity contribution < 1.29 is 27.8 Å². The molecule has 2 atom stereocenters. The standard InChI is InChI=1S/C17H25F3N2O3Si/c1-26(2,3)8-7-22(16(23)24)15-11-21-10-14(15)12-5-4-6-13(9-12)25-17(18,19)20/h4-6,9,14-15,21H,7-8,10-11H2,1-3H3,(H,23,24)/t14-,15+/m0/s1. The molecule has 1 amide bonds. The second-order valence-corrected chi connectivity index (χ2v) is 13.4. The van der Waals surface area contributed by atoms with E-state index in [0.29, 0.717) is 25.2 Å². The normalized spacial score (nSPS) is 20.8. The van der Waals surface area contributed by atoms with Gasteiger partial charge < -0.3 is 20.1 Å². The average Bonchev–Trinajstić information content (AvgIpc) is 2.93. The Morgan fingerprint density at radius 3 is 2.62 bits per heavy atom. The van der Waals surface area contributed by atoms with Crippen molar-refractivity contribution in [1.29, 1.82) is 0 Å². The van der Waals surface area contributed by atoms with Crippen LogP contribution in [-0.4, -0.2) is 56.2 Å². The molecule has 1 heterocycles. The molecule has 0 aliphatic carbocycles. The van der Waals surface area contributed by atoms with Crippen LogP contribution in [0.4, 0.5) is 18.0 Å². The summed E-state index contributed by atoms with van der Waals surface area (Å²) in [6, 6.07) is 6.32. The van der Waals surface area contributed by atoms with Crippen molar-refractivity contribution in [1.82, 2.24) is 10.2 Å². The number of hydrogen-bond acceptors (Lipinski definition) is 3. The summed E-state index contributed by atoms with van der Waals surface area (Å²) in [6.07, 6.45) is -5.75. The molecule has 1 aliphatic rings. The molecule has 146 valence electrons. The van der Waals surface area contributed by atoms with Crippen LogP contribution in [0.5, 0.6) is 5.75 Å². The molecule has 0 saturated carbocycles. The molecule has 0 unspecified atom stereocenters. The highest BCUT2D eigenvalue weighted by Gasteiger charge is 2.37. The largest absolute Gasteiger partial charge is 0.573 e. The van der Waals surface area contributed by atoms with Gasteiger partial charge >= 0.3 is 12.5 Å². The Kier molecular flexibility index (Phi) is 6.23. The Morgan fingerprint density at radius 1 is 1.35 bits per heavy atom. The molecule has 1 saturated heterocycles. The number of rotatable bonds is 6. The topological polar surface area (TPSA) is 61.8 Å². The number of ether oxygens (including phenoxy) is 1. The molecular weight excluding hydrogens is 365 g/mol. The van der Waals surface area contributed by atoms with Crippen molar-refractivity contribution in [3.05, 3.63) is 29.8 Å². The minimum Gasteiger partial charge on any atom is -0.465 e. The smallest absolute Gasteiger partial charge is 0.465 e. The van der Waals surface area contributed by atoms with Gasteiger partial charge in [0.25, 0.3) is 0 Å². The van der Waals surface area contributed by atoms with Crippen LogP contribution in [-0.2, 0) is 0 Å². The average molecular weight is 390 g/mol. The Balaban J connectivity index is 2.20. The molecule has 0 bridgehead atoms. The molecule has 0 spiro atoms. The van der Waals surface area contributed by atoms with Crippen LogP contribution >= 0.6 is 0 Å². The number of hydrogen-bond donors (Lipinski definition) is 2. The molecule has 2 N–H and O–H groups in total. The van der Waals surface area contributed by atoms with Crippen molar-refractivity contribution in [2.24, 2.45) is 0 Å². The number of carbonyl (C=O) groups is 1. The summed E-state index contributed by atoms with van der Waals surface area (Å²) in [5.41, 5.74) is 0.640. The first kappa shape index (κ1) is 20.6. The zero-order valence-electron chi connectivity index (χ0n) is 15.1. The van der Waals surface area contributed by atoms with E-state index in [-0.39, 0.29) is 17.7 Å². The van der Waals surface area contributed by atoms with Gasteiger partial charge in [-0.3, -0.25) is 0 Å². The van der Waals surface area contributed by atoms with Gasteiger partial charge in [-0.05, 0) is 23.7 Å². The second-order valence-electron chi connectivity index (χ2n) is 7.74. The molecule has 0 radical (unpaired) electrons. The Labute approximate surface area is 152 Å². The summed E-state index contributed by atoms with van der Waals surface area (Å²) in [7, 11) is -1.42. The summed E-state index contributed by atoms with van der Waals surface area (Å²) < 4.78 is 41.4. The van der Waals surface area contributed by atoms with Crippen molar-refractivity contribution in [2.45, 2.75) is 44.0 Å². The van der Waals surface area contributed by atoms with Gasteiger partial charge in [-0.25, -0.2) is 4.79 Å². The highest BCUT2D eigenvalue weighted by molar-refractivity contribution is 6.76. The van der Waals surface area contributed by atoms with Crippen molar-refractivity contribution in [2.75, 3.05) is 19.6 Å². The first-order chi connectivity index (χ1) is 12.0. The predicted octanol–water partition coefficient (Wildman–Crippen LogP) is 3.96. The van der Waals surface area contributed by atoms with E-state index in [1.807, 2.05) is 0 Å². The predicted molar refractivity (Wildman–Crippen MR) is 95.4 cm³/mol. The van der Waals surface area contributed by atoms with E-state index >= 15 is 0 Å². The maximum atomic E-state index is 12.5. The maximum Gasteiger partial charge on any atom is 0.573 e. The lowest BCUT2D eigenvalue weighted by Gasteiger charge is -2.32. The van der Waals surface area contributed by atoms with Gasteiger partial charge in [-0.1, -0.05) is 31.8 Å². The van der Waals surface area contributed by atoms with Gasteiger partial charge in [-0.2, -0.15) is 0 Å². The summed E-state index contributed by atoms with van der Waals surface area (Å²) in [4.78, 5) is 13.2. The molecule has 9 heteroatoms. The SMILES string of the molecule is C[Si](C)(C)CCN(C(=O)O)[C@@H]1CNC[C@H]1c1cccc(OC(F)(F)F)c1. The third kappa shape index (κ3) is 5.91. The third-order valence-electron chi connectivity index (χ3n) is 4.45. The Hall–Kier alpha value is -1.74. The zero-order chi connectivity index (χ0) is 19.5. The van der Waals surface area contributed by atoms with E-state index in [9.17, 15) is 23.1 Å². The Bertz CT molecular complexity index is 634. The van der Waals surface area contributed by atoms with E-state index in [2.05, 4.69) is 29.7 Å². The van der Waals surface area contributed by atoms with Gasteiger partial charge in [0.1, 0.15) is 5.75 Å². The summed E-state index contributed by atoms with van der Waals surface area (Å²) in [6.45, 7) is 7.95. The summed E-state index contributed by atoms with van der Waals surface area (Å²) >= 11 is 0. The number of carboxylic acid groups (broad SMARTS) is 1. The van der Waals surface area contributed by atoms with Crippen LogP contribution in [0.15, 0.2) is 24.3 Å². The van der Waals surface area contributed by atoms with Crippen LogP contribution in [0.1, 0.15) is 11.5 Å². The summed E-state index contributed by atoms with van der Waals surface area (Å²) in [5.74, 6) is -0.505. The number of amides is 1. The lowest BCUT2D eigenvalue weighted by atomic mass is 9.93. The van der Waals surface area contributed by atoms with Crippen LogP contribution < -0.4 is 10.1 Å². The highest BCUT2D eigenvalue weighted by Crippen LogP contribution is 2.31. The van der Waals surface area contributed by atoms with Gasteiger partial charge in [-0.15, -0.1) is 13.2 Å². The monoisotopic (exact) mass is 390 g/mol. The van der Waals surface area contributed by atoms with Gasteiger partial charge in [0.05, 0.1) is 6.04 Å². The van der Waals surface area contributed by atoms with Crippen molar-refractivity contribution in [3.63, 3.8) is 0 Å². The number of halogens is 3. The van der Waals surface area contributed by atoms with Gasteiger partial charge in [0, 0.05) is 33.6 Å². The minimum atomic E-state index is -4.75. The number of nitrogens with zero attached hydrogens (tertiary/aromatic N) is 1. The van der Waals surface area contributed by atoms with Crippen LogP contribution in [0.3, 0.4) is 0 Å². The summed E-state index contributed by atoms with van der Waals surface area (Å²) in [5, 5.41) is 12.8. The molecule has 5 nitrogen and oxygen atoms in total. The molecule has 2 rings (SSSR count). The van der Waals surface area contributed by atoms with Gasteiger partial charge in [0.2, 0.25) is 0 Å². The number of nitrogens with one attached hydrogen (secondary N) is 1. The van der Waals surface area contributed by atoms with Crippen molar-refractivity contribution >= 4 is 14.2 Å². The first-order valence-corrected chi connectivity index (χ1v) is 12.2. The van der Waals surface area contributed by atoms with E-state index in [0.717, 1.165) is 6.04 Å². The molecule has 26 heavy (non-hydrogen) atoms. The fourth-order valence-electron chi connectivity index (χ4n) is 3.13. The number of alkyl halides is 3. The molecule has 1 aromatic rings. The fourth-order valence-corrected chi connectivity index (χ4v) is 4.05. The molecule has 1 aliphatic heterocycles. The maximum absolute atomic E-state index is 12.5. The molecule has 1 fully saturated rings. The van der Waals surface area contributed by atoms with Crippen LogP contribution in [0.25, 0.3) is 0 Å². The highest BCUT2D eigenvalue weighted by atomic mass is 28.3. The van der Waals surface area contributed by atoms with Gasteiger partial charge in [0.15, 0.2) is 0 Å². The van der Waals surface area contributed by atoms with Crippen molar-refractivity contribution in [3.8, 4) is 5.75 Å². The molecule has 0 aromatic heterocycles. The van der Waals surface area contributed by atoms with E-state index in [1.165, 1.54) is 23.1 Å². The lowest BCUT2D eigenvalue weighted by molar-refractivity contribution is -0.274. The quantitative estimate of drug-likeness (QED) is 0.722. The van der Waals surface area contributed by atoms with Crippen LogP contribution in [0, 0.1) is 0 Å². The second kappa shape index (κ2) is 7.87. The molecule has 1 aromatic carbocycles. The van der Waals surface area contributed by atoms with E-state index < -0.39 is 20.5 Å². The Morgan fingerprint density at radius 2 is 2.04 bits per heavy atom. The van der Waals surface area contributed by atoms with E-state index in [4.69, 9.17) is 0 Å². The van der Waals surface area contributed by atoms with Crippen LogP contribution in [0.2, 0.25) is 25.7 Å². The number of benzene rings is 1. The minimum absolute atomic E-state index is 0.218.